The van der Waals surface area contributed by atoms with Crippen molar-refractivity contribution in [2.45, 2.75) is 27.2 Å². The lowest BCUT2D eigenvalue weighted by molar-refractivity contribution is -0.115. The molecule has 0 aromatic heterocycles. The van der Waals surface area contributed by atoms with Gasteiger partial charge in [-0.05, 0) is 20.3 Å². The van der Waals surface area contributed by atoms with Crippen LogP contribution in [0.5, 0.6) is 0 Å². The molecule has 0 radical (unpaired) electrons. The van der Waals surface area contributed by atoms with E-state index in [-0.39, 0.29) is 5.92 Å². The smallest absolute Gasteiger partial charge is 0.247 e. The van der Waals surface area contributed by atoms with Crippen molar-refractivity contribution in [2.24, 2.45) is 17.4 Å². The highest BCUT2D eigenvalue weighted by Gasteiger charge is 2.27. The second kappa shape index (κ2) is 3.74. The van der Waals surface area contributed by atoms with Crippen LogP contribution >= 0.6 is 0 Å². The molecule has 1 amide bonds. The summed E-state index contributed by atoms with van der Waals surface area (Å²) in [5.74, 6) is -0.425. The van der Waals surface area contributed by atoms with Crippen LogP contribution in [-0.2, 0) is 4.79 Å². The fourth-order valence-corrected chi connectivity index (χ4v) is 1.88. The molecule has 0 spiro atoms. The van der Waals surface area contributed by atoms with Crippen LogP contribution in [0.15, 0.2) is 22.7 Å². The van der Waals surface area contributed by atoms with E-state index in [1.807, 2.05) is 20.8 Å². The van der Waals surface area contributed by atoms with Gasteiger partial charge in [0.15, 0.2) is 0 Å². The number of allylic oxidation sites excluding steroid dienone is 3. The number of carbonyl (C=O) groups is 1. The molecule has 0 aromatic rings. The first-order valence-corrected chi connectivity index (χ1v) is 4.72. The highest BCUT2D eigenvalue weighted by atomic mass is 16.1. The van der Waals surface area contributed by atoms with E-state index in [1.54, 1.807) is 0 Å². The number of amides is 1. The third kappa shape index (κ3) is 1.60. The standard InChI is InChI=1S/C10H17N3O/c1-4-7-8(10(12)14)5(2)13-6(3)9(7)11/h7,13H,4,11H2,1-3H3,(H2,12,14). The van der Waals surface area contributed by atoms with Crippen molar-refractivity contribution in [2.75, 3.05) is 0 Å². The Morgan fingerprint density at radius 2 is 2.00 bits per heavy atom. The average molecular weight is 195 g/mol. The summed E-state index contributed by atoms with van der Waals surface area (Å²) < 4.78 is 0. The van der Waals surface area contributed by atoms with Gasteiger partial charge in [-0.3, -0.25) is 4.79 Å². The van der Waals surface area contributed by atoms with Crippen LogP contribution in [0.25, 0.3) is 0 Å². The summed E-state index contributed by atoms with van der Waals surface area (Å²) >= 11 is 0. The number of rotatable bonds is 2. The van der Waals surface area contributed by atoms with Crippen LogP contribution in [0.1, 0.15) is 27.2 Å². The third-order valence-corrected chi connectivity index (χ3v) is 2.61. The van der Waals surface area contributed by atoms with E-state index >= 15 is 0 Å². The number of carbonyl (C=O) groups excluding carboxylic acids is 1. The van der Waals surface area contributed by atoms with Gasteiger partial charge in [-0.15, -0.1) is 0 Å². The van der Waals surface area contributed by atoms with E-state index < -0.39 is 5.91 Å². The first-order chi connectivity index (χ1) is 6.49. The fourth-order valence-electron chi connectivity index (χ4n) is 1.88. The maximum Gasteiger partial charge on any atom is 0.247 e. The first-order valence-electron chi connectivity index (χ1n) is 4.72. The molecule has 0 bridgehead atoms. The van der Waals surface area contributed by atoms with Crippen LogP contribution in [0.3, 0.4) is 0 Å². The van der Waals surface area contributed by atoms with Gasteiger partial charge in [0.05, 0.1) is 0 Å². The van der Waals surface area contributed by atoms with Gasteiger partial charge in [0, 0.05) is 28.6 Å². The van der Waals surface area contributed by atoms with Crippen molar-refractivity contribution in [1.29, 1.82) is 0 Å². The molecule has 1 rings (SSSR count). The second-order valence-electron chi connectivity index (χ2n) is 3.57. The number of nitrogens with two attached hydrogens (primary N) is 2. The molecule has 14 heavy (non-hydrogen) atoms. The maximum atomic E-state index is 11.2. The quantitative estimate of drug-likeness (QED) is 0.602. The zero-order chi connectivity index (χ0) is 10.9. The Morgan fingerprint density at radius 3 is 2.43 bits per heavy atom. The summed E-state index contributed by atoms with van der Waals surface area (Å²) in [6, 6.07) is 0. The van der Waals surface area contributed by atoms with E-state index in [4.69, 9.17) is 11.5 Å². The second-order valence-corrected chi connectivity index (χ2v) is 3.57. The SMILES string of the molecule is CCC1C(N)=C(C)NC(C)=C1C(N)=O. The lowest BCUT2D eigenvalue weighted by Crippen LogP contribution is -2.34. The maximum absolute atomic E-state index is 11.2. The molecule has 78 valence electrons. The summed E-state index contributed by atoms with van der Waals surface area (Å²) in [5.41, 5.74) is 14.3. The Bertz CT molecular complexity index is 328. The molecule has 4 heteroatoms. The highest BCUT2D eigenvalue weighted by molar-refractivity contribution is 5.94. The summed E-state index contributed by atoms with van der Waals surface area (Å²) in [5, 5.41) is 3.06. The normalized spacial score (nSPS) is 22.4. The molecular formula is C10H17N3O. The molecule has 1 aliphatic heterocycles. The molecule has 4 nitrogen and oxygen atoms in total. The molecule has 0 saturated carbocycles. The van der Waals surface area contributed by atoms with Gasteiger partial charge in [-0.2, -0.15) is 0 Å². The van der Waals surface area contributed by atoms with E-state index in [1.165, 1.54) is 0 Å². The highest BCUT2D eigenvalue weighted by Crippen LogP contribution is 2.28. The molecule has 1 aliphatic rings. The predicted octanol–water partition coefficient (Wildman–Crippen LogP) is 0.565. The van der Waals surface area contributed by atoms with Gasteiger partial charge in [-0.1, -0.05) is 6.92 Å². The number of primary amides is 1. The largest absolute Gasteiger partial charge is 0.400 e. The van der Waals surface area contributed by atoms with E-state index in [2.05, 4.69) is 5.32 Å². The minimum atomic E-state index is -0.391. The first kappa shape index (κ1) is 10.6. The fraction of sp³-hybridized carbons (Fsp3) is 0.500. The van der Waals surface area contributed by atoms with Crippen LogP contribution in [0, 0.1) is 5.92 Å². The zero-order valence-electron chi connectivity index (χ0n) is 8.85. The van der Waals surface area contributed by atoms with Gasteiger partial charge >= 0.3 is 0 Å². The summed E-state index contributed by atoms with van der Waals surface area (Å²) in [6.45, 7) is 5.74. The van der Waals surface area contributed by atoms with Crippen LogP contribution in [0.2, 0.25) is 0 Å². The van der Waals surface area contributed by atoms with Crippen molar-refractivity contribution in [1.82, 2.24) is 5.32 Å². The van der Waals surface area contributed by atoms with Crippen LogP contribution in [-0.4, -0.2) is 5.91 Å². The topological polar surface area (TPSA) is 81.1 Å². The lowest BCUT2D eigenvalue weighted by Gasteiger charge is -2.27. The minimum absolute atomic E-state index is 0.0336. The van der Waals surface area contributed by atoms with Gasteiger partial charge in [0.1, 0.15) is 0 Å². The van der Waals surface area contributed by atoms with Crippen molar-refractivity contribution >= 4 is 5.91 Å². The van der Waals surface area contributed by atoms with Crippen molar-refractivity contribution in [3.63, 3.8) is 0 Å². The number of dihydropyridines is 1. The molecule has 0 fully saturated rings. The number of nitrogens with one attached hydrogen (secondary N) is 1. The summed E-state index contributed by atoms with van der Waals surface area (Å²) in [7, 11) is 0. The van der Waals surface area contributed by atoms with Gasteiger partial charge in [0.25, 0.3) is 0 Å². The molecule has 5 N–H and O–H groups in total. The molecular weight excluding hydrogens is 178 g/mol. The van der Waals surface area contributed by atoms with E-state index in [9.17, 15) is 4.79 Å². The monoisotopic (exact) mass is 195 g/mol. The van der Waals surface area contributed by atoms with Gasteiger partial charge < -0.3 is 16.8 Å². The molecule has 1 heterocycles. The van der Waals surface area contributed by atoms with Crippen molar-refractivity contribution in [3.05, 3.63) is 22.7 Å². The van der Waals surface area contributed by atoms with Gasteiger partial charge in [-0.25, -0.2) is 0 Å². The summed E-state index contributed by atoms with van der Waals surface area (Å²) in [4.78, 5) is 11.2. The summed E-state index contributed by atoms with van der Waals surface area (Å²) in [6.07, 6.45) is 0.792. The van der Waals surface area contributed by atoms with Gasteiger partial charge in [0.2, 0.25) is 5.91 Å². The Labute approximate surface area is 84.0 Å². The number of hydrogen-bond acceptors (Lipinski definition) is 3. The molecule has 0 aromatic carbocycles. The Hall–Kier alpha value is -1.45. The third-order valence-electron chi connectivity index (χ3n) is 2.61. The molecule has 0 saturated heterocycles. The minimum Gasteiger partial charge on any atom is -0.400 e. The molecule has 1 atom stereocenters. The Balaban J connectivity index is 3.15. The number of hydrogen-bond donors (Lipinski definition) is 3. The van der Waals surface area contributed by atoms with Crippen molar-refractivity contribution in [3.8, 4) is 0 Å². The molecule has 0 aliphatic carbocycles. The van der Waals surface area contributed by atoms with E-state index in [0.717, 1.165) is 17.8 Å². The molecule has 1 unspecified atom stereocenters. The van der Waals surface area contributed by atoms with Crippen LogP contribution < -0.4 is 16.8 Å². The van der Waals surface area contributed by atoms with E-state index in [0.29, 0.717) is 11.3 Å². The predicted molar refractivity (Wildman–Crippen MR) is 55.7 cm³/mol. The van der Waals surface area contributed by atoms with Crippen molar-refractivity contribution < 1.29 is 4.79 Å². The Kier molecular flexibility index (Phi) is 2.84. The average Bonchev–Trinajstić information content (AvgIpc) is 2.09. The lowest BCUT2D eigenvalue weighted by atomic mass is 9.88. The van der Waals surface area contributed by atoms with Crippen LogP contribution in [0.4, 0.5) is 0 Å². The Morgan fingerprint density at radius 1 is 1.43 bits per heavy atom. The zero-order valence-corrected chi connectivity index (χ0v) is 8.85.